The van der Waals surface area contributed by atoms with E-state index >= 15 is 0 Å². The Morgan fingerprint density at radius 2 is 2.57 bits per heavy atom. The highest BCUT2D eigenvalue weighted by atomic mass is 15.0. The van der Waals surface area contributed by atoms with Crippen molar-refractivity contribution in [2.75, 3.05) is 0 Å². The summed E-state index contributed by atoms with van der Waals surface area (Å²) in [5.41, 5.74) is 7.99. The highest BCUT2D eigenvalue weighted by Crippen LogP contribution is 1.83. The molecule has 0 aromatic heterocycles. The fourth-order valence-corrected chi connectivity index (χ4v) is 0.351. The molecule has 0 N–H and O–H groups in total. The minimum Gasteiger partial charge on any atom is -0.497 e. The van der Waals surface area contributed by atoms with E-state index in [0.717, 1.165) is 0 Å². The van der Waals surface area contributed by atoms with Gasteiger partial charge in [0.1, 0.15) is 6.21 Å². The molecule has 7 heavy (non-hydrogen) atoms. The Labute approximate surface area is 40.6 Å². The molecule has 0 aliphatic carbocycles. The molecule has 0 spiro atoms. The van der Waals surface area contributed by atoms with Crippen LogP contribution in [0.25, 0.3) is 5.53 Å². The van der Waals surface area contributed by atoms with Crippen molar-refractivity contribution in [2.45, 2.75) is 0 Å². The van der Waals surface area contributed by atoms with Gasteiger partial charge in [-0.15, -0.1) is 0 Å². The molecule has 0 saturated heterocycles. The van der Waals surface area contributed by atoms with Gasteiger partial charge in [-0.25, -0.2) is 0 Å². The average Bonchev–Trinajstić information content (AvgIpc) is 2.14. The Morgan fingerprint density at radius 1 is 1.71 bits per heavy atom. The maximum absolute atomic E-state index is 7.99. The zero-order chi connectivity index (χ0) is 5.11. The van der Waals surface area contributed by atoms with Crippen LogP contribution in [0.1, 0.15) is 0 Å². The van der Waals surface area contributed by atoms with Gasteiger partial charge < -0.3 is 10.3 Å². The molecule has 0 unspecified atom stereocenters. The molecular weight excluding hydrogens is 90.1 g/mol. The third kappa shape index (κ3) is 0.614. The summed E-state index contributed by atoms with van der Waals surface area (Å²) in [5, 5.41) is 0. The number of aliphatic imine (C=N–C) groups is 1. The van der Waals surface area contributed by atoms with Crippen LogP contribution >= 0.6 is 0 Å². The van der Waals surface area contributed by atoms with Crippen LogP contribution in [0, 0.1) is 0 Å². The highest BCUT2D eigenvalue weighted by Gasteiger charge is 2.01. The SMILES string of the molecule is [N-]=[N+]=C1C=CC=N1. The average molecular weight is 93.1 g/mol. The maximum Gasteiger partial charge on any atom is 0.400 e. The fourth-order valence-electron chi connectivity index (χ4n) is 0.351. The van der Waals surface area contributed by atoms with E-state index in [4.69, 9.17) is 5.53 Å². The van der Waals surface area contributed by atoms with Crippen LogP contribution in [0.5, 0.6) is 0 Å². The lowest BCUT2D eigenvalue weighted by Crippen LogP contribution is -1.80. The Bertz CT molecular complexity index is 157. The Morgan fingerprint density at radius 3 is 2.86 bits per heavy atom. The predicted molar refractivity (Wildman–Crippen MR) is 26.3 cm³/mol. The molecule has 0 bridgehead atoms. The van der Waals surface area contributed by atoms with Gasteiger partial charge in [0.15, 0.2) is 0 Å². The highest BCUT2D eigenvalue weighted by molar-refractivity contribution is 6.03. The minimum atomic E-state index is 0.361. The Balaban J connectivity index is 3.00. The second kappa shape index (κ2) is 1.49. The summed E-state index contributed by atoms with van der Waals surface area (Å²) in [6.45, 7) is 0. The van der Waals surface area contributed by atoms with Gasteiger partial charge in [0.05, 0.1) is 6.08 Å². The number of hydrogen-bond acceptors (Lipinski definition) is 0. The van der Waals surface area contributed by atoms with Gasteiger partial charge in [0, 0.05) is 0 Å². The largest absolute Gasteiger partial charge is 0.497 e. The topological polar surface area (TPSA) is 48.8 Å². The van der Waals surface area contributed by atoms with Gasteiger partial charge in [-0.05, 0) is 11.1 Å². The number of allylic oxidation sites excluding steroid dienone is 1. The van der Waals surface area contributed by atoms with Crippen molar-refractivity contribution in [2.24, 2.45) is 4.99 Å². The van der Waals surface area contributed by atoms with Crippen LogP contribution in [0.15, 0.2) is 17.1 Å². The van der Waals surface area contributed by atoms with E-state index in [-0.39, 0.29) is 0 Å². The minimum absolute atomic E-state index is 0.361. The fraction of sp³-hybridized carbons (Fsp3) is 0. The second-order valence-corrected chi connectivity index (χ2v) is 1.10. The quantitative estimate of drug-likeness (QED) is 0.304. The van der Waals surface area contributed by atoms with E-state index in [2.05, 4.69) is 9.78 Å². The molecule has 0 saturated carbocycles. The molecule has 3 heteroatoms. The molecule has 0 radical (unpaired) electrons. The van der Waals surface area contributed by atoms with Crippen molar-refractivity contribution in [1.29, 1.82) is 0 Å². The zero-order valence-electron chi connectivity index (χ0n) is 3.57. The number of amidine groups is 1. The summed E-state index contributed by atoms with van der Waals surface area (Å²) in [5.74, 6) is 0.361. The van der Waals surface area contributed by atoms with Gasteiger partial charge in [-0.1, -0.05) is 0 Å². The number of hydrogen-bond donors (Lipinski definition) is 0. The lowest BCUT2D eigenvalue weighted by molar-refractivity contribution is -0.00450. The molecule has 0 fully saturated rings. The van der Waals surface area contributed by atoms with Gasteiger partial charge in [0.2, 0.25) is 0 Å². The van der Waals surface area contributed by atoms with Crippen molar-refractivity contribution in [3.8, 4) is 0 Å². The molecule has 1 aliphatic heterocycles. The van der Waals surface area contributed by atoms with Crippen LogP contribution in [0.4, 0.5) is 0 Å². The standard InChI is InChI=1S/C4H3N3/c5-7-4-2-1-3-6-4/h1-3H. The molecule has 34 valence electrons. The first kappa shape index (κ1) is 3.96. The smallest absolute Gasteiger partial charge is 0.400 e. The Hall–Kier alpha value is -1.21. The second-order valence-electron chi connectivity index (χ2n) is 1.10. The summed E-state index contributed by atoms with van der Waals surface area (Å²) < 4.78 is 0. The van der Waals surface area contributed by atoms with E-state index in [1.54, 1.807) is 18.4 Å². The zero-order valence-corrected chi connectivity index (χ0v) is 3.57. The first-order valence-corrected chi connectivity index (χ1v) is 1.86. The molecule has 1 heterocycles. The van der Waals surface area contributed by atoms with Crippen LogP contribution in [0.2, 0.25) is 0 Å². The predicted octanol–water partition coefficient (Wildman–Crippen LogP) is 0.255. The molecule has 3 nitrogen and oxygen atoms in total. The summed E-state index contributed by atoms with van der Waals surface area (Å²) >= 11 is 0. The van der Waals surface area contributed by atoms with Crippen LogP contribution in [-0.4, -0.2) is 16.8 Å². The van der Waals surface area contributed by atoms with Crippen LogP contribution < -0.4 is 0 Å². The summed E-state index contributed by atoms with van der Waals surface area (Å²) in [6, 6.07) is 0. The van der Waals surface area contributed by atoms with E-state index in [1.807, 2.05) is 0 Å². The monoisotopic (exact) mass is 93.0 g/mol. The number of nitrogens with zero attached hydrogens (tertiary/aromatic N) is 3. The van der Waals surface area contributed by atoms with Gasteiger partial charge in [-0.3, -0.25) is 0 Å². The normalized spacial score (nSPS) is 15.1. The molecule has 1 rings (SSSR count). The summed E-state index contributed by atoms with van der Waals surface area (Å²) in [4.78, 5) is 6.44. The van der Waals surface area contributed by atoms with Crippen molar-refractivity contribution in [3.63, 3.8) is 0 Å². The molecule has 1 aliphatic rings. The van der Waals surface area contributed by atoms with Gasteiger partial charge in [0.25, 0.3) is 0 Å². The molecule has 0 aromatic carbocycles. The first-order chi connectivity index (χ1) is 3.43. The van der Waals surface area contributed by atoms with E-state index in [0.29, 0.717) is 5.84 Å². The van der Waals surface area contributed by atoms with Crippen LogP contribution in [0.3, 0.4) is 0 Å². The van der Waals surface area contributed by atoms with E-state index in [9.17, 15) is 0 Å². The summed E-state index contributed by atoms with van der Waals surface area (Å²) in [6.07, 6.45) is 4.88. The van der Waals surface area contributed by atoms with Crippen molar-refractivity contribution < 1.29 is 4.79 Å². The molecule has 0 aromatic rings. The first-order valence-electron chi connectivity index (χ1n) is 1.86. The Kier molecular flexibility index (Phi) is 0.845. The van der Waals surface area contributed by atoms with Crippen molar-refractivity contribution in [3.05, 3.63) is 17.7 Å². The molecule has 0 amide bonds. The molecular formula is C4H3N3. The molecule has 0 atom stereocenters. The number of rotatable bonds is 0. The van der Waals surface area contributed by atoms with Crippen molar-refractivity contribution >= 4 is 12.1 Å². The van der Waals surface area contributed by atoms with E-state index in [1.165, 1.54) is 0 Å². The van der Waals surface area contributed by atoms with E-state index < -0.39 is 0 Å². The van der Waals surface area contributed by atoms with Gasteiger partial charge in [-0.2, -0.15) is 0 Å². The van der Waals surface area contributed by atoms with Crippen LogP contribution in [-0.2, 0) is 0 Å². The van der Waals surface area contributed by atoms with Gasteiger partial charge >= 0.3 is 5.84 Å². The maximum atomic E-state index is 7.99. The lowest BCUT2D eigenvalue weighted by Gasteiger charge is -1.60. The third-order valence-corrected chi connectivity index (χ3v) is 0.641. The van der Waals surface area contributed by atoms with Crippen molar-refractivity contribution in [1.82, 2.24) is 0 Å². The summed E-state index contributed by atoms with van der Waals surface area (Å²) in [7, 11) is 0. The third-order valence-electron chi connectivity index (χ3n) is 0.641. The lowest BCUT2D eigenvalue weighted by atomic mass is 10.6.